The number of ketones is 1. The molecule has 0 saturated heterocycles. The van der Waals surface area contributed by atoms with E-state index in [9.17, 15) is 19.5 Å². The van der Waals surface area contributed by atoms with Crippen LogP contribution in [-0.4, -0.2) is 27.9 Å². The maximum Gasteiger partial charge on any atom is 0.373 e. The summed E-state index contributed by atoms with van der Waals surface area (Å²) >= 11 is 0. The van der Waals surface area contributed by atoms with E-state index in [4.69, 9.17) is 5.11 Å². The summed E-state index contributed by atoms with van der Waals surface area (Å²) in [4.78, 5) is 34.8. The molecule has 4 aliphatic rings. The van der Waals surface area contributed by atoms with Crippen LogP contribution >= 0.6 is 0 Å². The molecule has 0 radical (unpaired) electrons. The van der Waals surface area contributed by atoms with Gasteiger partial charge in [-0.2, -0.15) is 0 Å². The predicted molar refractivity (Wildman–Crippen MR) is 73.6 cm³/mol. The maximum atomic E-state index is 12.0. The molecule has 0 spiro atoms. The first-order chi connectivity index (χ1) is 9.58. The van der Waals surface area contributed by atoms with Crippen LogP contribution in [0.25, 0.3) is 0 Å². The largest absolute Gasteiger partial charge is 0.481 e. The SMILES string of the molecule is CC12CC3CC(C)(C1)CC(C(C(=O)O)C(=O)C(=O)O)(C3)C2. The number of carbonyl (C=O) groups is 3. The molecule has 3 unspecified atom stereocenters. The fraction of sp³-hybridized carbons (Fsp3) is 0.812. The molecule has 4 saturated carbocycles. The minimum absolute atomic E-state index is 0.0562. The van der Waals surface area contributed by atoms with Crippen LogP contribution in [0.4, 0.5) is 0 Å². The van der Waals surface area contributed by atoms with E-state index in [1.165, 1.54) is 0 Å². The van der Waals surface area contributed by atoms with Gasteiger partial charge < -0.3 is 10.2 Å². The molecule has 4 bridgehead atoms. The number of carbonyl (C=O) groups excluding carboxylic acids is 1. The van der Waals surface area contributed by atoms with E-state index < -0.39 is 29.1 Å². The Morgan fingerprint density at radius 3 is 1.86 bits per heavy atom. The third-order valence-corrected chi connectivity index (χ3v) is 6.00. The summed E-state index contributed by atoms with van der Waals surface area (Å²) in [6.07, 6.45) is 5.25. The highest BCUT2D eigenvalue weighted by atomic mass is 16.4. The van der Waals surface area contributed by atoms with Gasteiger partial charge in [-0.3, -0.25) is 9.59 Å². The molecule has 0 amide bonds. The average molecular weight is 294 g/mol. The highest BCUT2D eigenvalue weighted by molar-refractivity contribution is 6.37. The summed E-state index contributed by atoms with van der Waals surface area (Å²) in [5.74, 6) is -4.99. The first kappa shape index (κ1) is 14.5. The lowest BCUT2D eigenvalue weighted by atomic mass is 9.38. The van der Waals surface area contributed by atoms with Crippen molar-refractivity contribution in [3.8, 4) is 0 Å². The van der Waals surface area contributed by atoms with E-state index in [0.717, 1.165) is 19.3 Å². The number of carboxylic acids is 2. The standard InChI is InChI=1S/C16H22O5/c1-14-3-9-4-15(2,6-14)8-16(5-9,7-14)10(12(18)19)11(17)13(20)21/h9-10H,3-8H2,1-2H3,(H,18,19)(H,20,21). The van der Waals surface area contributed by atoms with Gasteiger partial charge in [0.15, 0.2) is 0 Å². The van der Waals surface area contributed by atoms with Gasteiger partial charge in [-0.05, 0) is 60.7 Å². The fourth-order valence-electron chi connectivity index (χ4n) is 6.63. The lowest BCUT2D eigenvalue weighted by Crippen LogP contribution is -2.60. The van der Waals surface area contributed by atoms with Crippen molar-refractivity contribution >= 4 is 17.7 Å². The van der Waals surface area contributed by atoms with Crippen LogP contribution in [0.15, 0.2) is 0 Å². The van der Waals surface area contributed by atoms with E-state index in [0.29, 0.717) is 25.2 Å². The summed E-state index contributed by atoms with van der Waals surface area (Å²) in [5, 5.41) is 18.6. The first-order valence-corrected chi connectivity index (χ1v) is 7.58. The monoisotopic (exact) mass is 294 g/mol. The molecule has 4 fully saturated rings. The van der Waals surface area contributed by atoms with Gasteiger partial charge in [0.05, 0.1) is 0 Å². The topological polar surface area (TPSA) is 91.7 Å². The molecule has 4 aliphatic carbocycles. The van der Waals surface area contributed by atoms with Crippen molar-refractivity contribution in [1.82, 2.24) is 0 Å². The molecule has 0 heterocycles. The van der Waals surface area contributed by atoms with Gasteiger partial charge >= 0.3 is 11.9 Å². The van der Waals surface area contributed by atoms with Crippen LogP contribution in [-0.2, 0) is 14.4 Å². The molecule has 4 rings (SSSR count). The number of rotatable bonds is 4. The lowest BCUT2D eigenvalue weighted by molar-refractivity contribution is -0.188. The van der Waals surface area contributed by atoms with Crippen molar-refractivity contribution < 1.29 is 24.6 Å². The van der Waals surface area contributed by atoms with E-state index in [-0.39, 0.29) is 10.8 Å². The molecule has 0 aromatic carbocycles. The van der Waals surface area contributed by atoms with Crippen molar-refractivity contribution in [2.24, 2.45) is 28.1 Å². The second-order valence-electron chi connectivity index (χ2n) is 8.43. The first-order valence-electron chi connectivity index (χ1n) is 7.58. The molecule has 0 aromatic rings. The third-order valence-electron chi connectivity index (χ3n) is 6.00. The maximum absolute atomic E-state index is 12.0. The van der Waals surface area contributed by atoms with E-state index in [1.54, 1.807) is 0 Å². The van der Waals surface area contributed by atoms with Crippen molar-refractivity contribution in [1.29, 1.82) is 0 Å². The fourth-order valence-corrected chi connectivity index (χ4v) is 6.63. The molecule has 116 valence electrons. The minimum Gasteiger partial charge on any atom is -0.481 e. The lowest BCUT2D eigenvalue weighted by Gasteiger charge is -2.66. The molecule has 0 aromatic heterocycles. The summed E-state index contributed by atoms with van der Waals surface area (Å²) in [6, 6.07) is 0. The van der Waals surface area contributed by atoms with Gasteiger partial charge in [0.25, 0.3) is 5.78 Å². The van der Waals surface area contributed by atoms with Gasteiger partial charge in [-0.1, -0.05) is 13.8 Å². The Morgan fingerprint density at radius 1 is 0.952 bits per heavy atom. The van der Waals surface area contributed by atoms with Crippen molar-refractivity contribution in [3.63, 3.8) is 0 Å². The van der Waals surface area contributed by atoms with E-state index >= 15 is 0 Å². The Labute approximate surface area is 123 Å². The Bertz CT molecular complexity index is 519. The van der Waals surface area contributed by atoms with Gasteiger partial charge in [0.2, 0.25) is 0 Å². The van der Waals surface area contributed by atoms with Crippen LogP contribution in [0, 0.1) is 28.1 Å². The second kappa shape index (κ2) is 4.08. The van der Waals surface area contributed by atoms with Crippen LogP contribution in [0.2, 0.25) is 0 Å². The van der Waals surface area contributed by atoms with Crippen molar-refractivity contribution in [2.75, 3.05) is 0 Å². The Balaban J connectivity index is 2.05. The zero-order chi connectivity index (χ0) is 15.6. The number of hydrogen-bond donors (Lipinski definition) is 2. The second-order valence-corrected chi connectivity index (χ2v) is 8.43. The van der Waals surface area contributed by atoms with Crippen LogP contribution < -0.4 is 0 Å². The normalized spacial score (nSPS) is 45.3. The van der Waals surface area contributed by atoms with Crippen LogP contribution in [0.3, 0.4) is 0 Å². The van der Waals surface area contributed by atoms with Gasteiger partial charge in [0, 0.05) is 0 Å². The molecule has 5 heteroatoms. The van der Waals surface area contributed by atoms with Gasteiger partial charge in [-0.15, -0.1) is 0 Å². The number of Topliss-reactive ketones (excluding diaryl/α,β-unsaturated/α-hetero) is 1. The summed E-state index contributed by atoms with van der Waals surface area (Å²) in [7, 11) is 0. The Morgan fingerprint density at radius 2 is 1.48 bits per heavy atom. The number of carboxylic acid groups (broad SMARTS) is 2. The molecule has 2 N–H and O–H groups in total. The zero-order valence-electron chi connectivity index (χ0n) is 12.5. The highest BCUT2D eigenvalue weighted by Gasteiger charge is 2.65. The molecule has 0 aliphatic heterocycles. The van der Waals surface area contributed by atoms with Crippen LogP contribution in [0.1, 0.15) is 52.4 Å². The third kappa shape index (κ3) is 2.09. The van der Waals surface area contributed by atoms with Gasteiger partial charge in [0.1, 0.15) is 5.92 Å². The van der Waals surface area contributed by atoms with E-state index in [2.05, 4.69) is 13.8 Å². The summed E-state index contributed by atoms with van der Waals surface area (Å²) in [6.45, 7) is 4.35. The molecule has 5 nitrogen and oxygen atoms in total. The molecular formula is C16H22O5. The molecular weight excluding hydrogens is 272 g/mol. The summed E-state index contributed by atoms with van der Waals surface area (Å²) in [5.41, 5.74) is -0.550. The number of hydrogen-bond acceptors (Lipinski definition) is 3. The van der Waals surface area contributed by atoms with Crippen molar-refractivity contribution in [3.05, 3.63) is 0 Å². The average Bonchev–Trinajstić information content (AvgIpc) is 2.21. The van der Waals surface area contributed by atoms with Gasteiger partial charge in [-0.25, -0.2) is 4.79 Å². The quantitative estimate of drug-likeness (QED) is 0.613. The zero-order valence-corrected chi connectivity index (χ0v) is 12.5. The predicted octanol–water partition coefficient (Wildman–Crippen LogP) is 2.34. The Hall–Kier alpha value is -1.39. The summed E-state index contributed by atoms with van der Waals surface area (Å²) < 4.78 is 0. The van der Waals surface area contributed by atoms with Crippen LogP contribution in [0.5, 0.6) is 0 Å². The smallest absolute Gasteiger partial charge is 0.373 e. The molecule has 3 atom stereocenters. The minimum atomic E-state index is -1.62. The Kier molecular flexibility index (Phi) is 2.83. The van der Waals surface area contributed by atoms with E-state index in [1.807, 2.05) is 0 Å². The highest BCUT2D eigenvalue weighted by Crippen LogP contribution is 2.71. The molecule has 21 heavy (non-hydrogen) atoms. The number of aliphatic carboxylic acids is 2. The van der Waals surface area contributed by atoms with Crippen molar-refractivity contribution in [2.45, 2.75) is 52.4 Å².